The van der Waals surface area contributed by atoms with E-state index in [4.69, 9.17) is 4.98 Å². The van der Waals surface area contributed by atoms with E-state index in [1.807, 2.05) is 0 Å². The molecule has 27 heavy (non-hydrogen) atoms. The smallest absolute Gasteiger partial charge is 0.161 e. The van der Waals surface area contributed by atoms with E-state index in [1.54, 1.807) is 0 Å². The number of imidazole rings is 1. The summed E-state index contributed by atoms with van der Waals surface area (Å²) in [4.78, 5) is 15.7. The van der Waals surface area contributed by atoms with Gasteiger partial charge in [0.05, 0.1) is 17.3 Å². The summed E-state index contributed by atoms with van der Waals surface area (Å²) in [7, 11) is 2.09. The van der Waals surface area contributed by atoms with Gasteiger partial charge >= 0.3 is 0 Å². The Bertz CT molecular complexity index is 1030. The van der Waals surface area contributed by atoms with Gasteiger partial charge in [-0.1, -0.05) is 0 Å². The third kappa shape index (κ3) is 2.59. The minimum absolute atomic E-state index is 0.0896. The minimum atomic E-state index is -0.887. The van der Waals surface area contributed by atoms with Crippen LogP contribution in [0, 0.1) is 11.6 Å². The first-order valence-electron chi connectivity index (χ1n) is 9.54. The summed E-state index contributed by atoms with van der Waals surface area (Å²) in [5.41, 5.74) is 2.97. The largest absolute Gasteiger partial charge is 0.346 e. The van der Waals surface area contributed by atoms with E-state index in [0.717, 1.165) is 44.1 Å². The van der Waals surface area contributed by atoms with Crippen molar-refractivity contribution in [2.45, 2.75) is 44.6 Å². The molecule has 0 unspecified atom stereocenters. The summed E-state index contributed by atoms with van der Waals surface area (Å²) in [5.74, 6) is -0.0558. The molecule has 0 bridgehead atoms. The van der Waals surface area contributed by atoms with Crippen molar-refractivity contribution in [3.8, 4) is 0 Å². The van der Waals surface area contributed by atoms with Gasteiger partial charge in [-0.3, -0.25) is 0 Å². The second-order valence-corrected chi connectivity index (χ2v) is 7.46. The molecule has 0 saturated carbocycles. The van der Waals surface area contributed by atoms with Crippen LogP contribution in [0.5, 0.6) is 0 Å². The lowest BCUT2D eigenvalue weighted by molar-refractivity contribution is 0.510. The molecule has 2 aromatic heterocycles. The van der Waals surface area contributed by atoms with Crippen LogP contribution in [0.4, 0.5) is 14.6 Å². The Morgan fingerprint density at radius 1 is 1.04 bits per heavy atom. The average Bonchev–Trinajstić information content (AvgIpc) is 3.27. The fourth-order valence-corrected chi connectivity index (χ4v) is 4.56. The quantitative estimate of drug-likeness (QED) is 0.688. The molecule has 1 aliphatic carbocycles. The fraction of sp³-hybridized carbons (Fsp3) is 0.450. The van der Waals surface area contributed by atoms with Crippen LogP contribution in [0.2, 0.25) is 0 Å². The van der Waals surface area contributed by atoms with Crippen LogP contribution in [-0.4, -0.2) is 26.1 Å². The Kier molecular flexibility index (Phi) is 3.84. The second-order valence-electron chi connectivity index (χ2n) is 7.46. The zero-order valence-corrected chi connectivity index (χ0v) is 15.3. The summed E-state index contributed by atoms with van der Waals surface area (Å²) in [6.07, 6.45) is 7.92. The lowest BCUT2D eigenvalue weighted by atomic mass is 10.0. The van der Waals surface area contributed by atoms with Gasteiger partial charge in [-0.15, -0.1) is 0 Å². The molecule has 5 nitrogen and oxygen atoms in total. The standard InChI is InChI=1S/C20H21F2N5/c1-26-17-6-3-2-5-15(17)25-20(26)18-7-4-8-27(18)19-12-9-13(21)14(22)10-16(12)23-11-24-19/h9-11,18H,2-8H2,1H3/t18-/m0/s1. The number of nitrogens with zero attached hydrogens (tertiary/aromatic N) is 5. The summed E-state index contributed by atoms with van der Waals surface area (Å²) in [6, 6.07) is 2.44. The Hall–Kier alpha value is -2.57. The predicted molar refractivity (Wildman–Crippen MR) is 98.6 cm³/mol. The topological polar surface area (TPSA) is 46.8 Å². The summed E-state index contributed by atoms with van der Waals surface area (Å²) in [5, 5.41) is 0.544. The van der Waals surface area contributed by atoms with Crippen molar-refractivity contribution >= 4 is 16.7 Å². The third-order valence-corrected chi connectivity index (χ3v) is 5.89. The summed E-state index contributed by atoms with van der Waals surface area (Å²) < 4.78 is 29.7. The van der Waals surface area contributed by atoms with Crippen molar-refractivity contribution < 1.29 is 8.78 Å². The monoisotopic (exact) mass is 369 g/mol. The zero-order chi connectivity index (χ0) is 18.5. The van der Waals surface area contributed by atoms with Crippen LogP contribution in [-0.2, 0) is 19.9 Å². The first kappa shape index (κ1) is 16.6. The first-order chi connectivity index (χ1) is 13.1. The van der Waals surface area contributed by atoms with Crippen molar-refractivity contribution in [1.82, 2.24) is 19.5 Å². The van der Waals surface area contributed by atoms with E-state index in [-0.39, 0.29) is 6.04 Å². The SMILES string of the molecule is Cn1c([C@@H]2CCCN2c2ncnc3cc(F)c(F)cc23)nc2c1CCCC2. The predicted octanol–water partition coefficient (Wildman–Crippen LogP) is 3.86. The van der Waals surface area contributed by atoms with Gasteiger partial charge in [0, 0.05) is 30.7 Å². The average molecular weight is 369 g/mol. The normalized spacial score (nSPS) is 19.7. The molecular weight excluding hydrogens is 348 g/mol. The number of anilines is 1. The lowest BCUT2D eigenvalue weighted by Gasteiger charge is -2.26. The van der Waals surface area contributed by atoms with Gasteiger partial charge in [-0.05, 0) is 44.6 Å². The van der Waals surface area contributed by atoms with Gasteiger partial charge in [-0.2, -0.15) is 0 Å². The molecule has 0 amide bonds. The van der Waals surface area contributed by atoms with Gasteiger partial charge in [0.2, 0.25) is 0 Å². The molecule has 2 aliphatic rings. The van der Waals surface area contributed by atoms with Gasteiger partial charge in [0.15, 0.2) is 11.6 Å². The van der Waals surface area contributed by atoms with E-state index in [9.17, 15) is 8.78 Å². The summed E-state index contributed by atoms with van der Waals surface area (Å²) >= 11 is 0. The highest BCUT2D eigenvalue weighted by Crippen LogP contribution is 2.38. The molecule has 1 aliphatic heterocycles. The van der Waals surface area contributed by atoms with Crippen molar-refractivity contribution in [3.63, 3.8) is 0 Å². The molecule has 0 spiro atoms. The summed E-state index contributed by atoms with van der Waals surface area (Å²) in [6.45, 7) is 0.813. The Morgan fingerprint density at radius 3 is 2.70 bits per heavy atom. The van der Waals surface area contributed by atoms with Crippen LogP contribution in [0.1, 0.15) is 48.9 Å². The number of benzene rings is 1. The first-order valence-corrected chi connectivity index (χ1v) is 9.54. The highest BCUT2D eigenvalue weighted by atomic mass is 19.2. The maximum absolute atomic E-state index is 13.9. The molecule has 3 aromatic rings. The zero-order valence-electron chi connectivity index (χ0n) is 15.3. The fourth-order valence-electron chi connectivity index (χ4n) is 4.56. The van der Waals surface area contributed by atoms with Gasteiger partial charge in [-0.25, -0.2) is 23.7 Å². The Balaban J connectivity index is 1.61. The van der Waals surface area contributed by atoms with Crippen LogP contribution in [0.3, 0.4) is 0 Å². The van der Waals surface area contributed by atoms with Crippen molar-refractivity contribution in [2.24, 2.45) is 7.05 Å². The van der Waals surface area contributed by atoms with Crippen LogP contribution < -0.4 is 4.90 Å². The highest BCUT2D eigenvalue weighted by molar-refractivity contribution is 5.89. The maximum Gasteiger partial charge on any atom is 0.161 e. The molecule has 1 fully saturated rings. The van der Waals surface area contributed by atoms with Gasteiger partial charge in [0.1, 0.15) is 18.0 Å². The Morgan fingerprint density at radius 2 is 1.85 bits per heavy atom. The molecule has 1 aromatic carbocycles. The van der Waals surface area contributed by atoms with Crippen molar-refractivity contribution in [3.05, 3.63) is 47.3 Å². The van der Waals surface area contributed by atoms with Crippen LogP contribution in [0.15, 0.2) is 18.5 Å². The van der Waals surface area contributed by atoms with E-state index in [1.165, 1.54) is 36.6 Å². The van der Waals surface area contributed by atoms with Crippen molar-refractivity contribution in [1.29, 1.82) is 0 Å². The van der Waals surface area contributed by atoms with Crippen molar-refractivity contribution in [2.75, 3.05) is 11.4 Å². The molecule has 140 valence electrons. The molecule has 1 atom stereocenters. The maximum atomic E-state index is 13.9. The molecule has 0 N–H and O–H groups in total. The highest BCUT2D eigenvalue weighted by Gasteiger charge is 2.33. The number of aryl methyl sites for hydroxylation is 1. The van der Waals surface area contributed by atoms with Gasteiger partial charge in [0.25, 0.3) is 0 Å². The second kappa shape index (κ2) is 6.25. The number of aromatic nitrogens is 4. The molecule has 0 radical (unpaired) electrons. The third-order valence-electron chi connectivity index (χ3n) is 5.89. The number of fused-ring (bicyclic) bond motifs is 2. The molecular formula is C20H21F2N5. The number of rotatable bonds is 2. The van der Waals surface area contributed by atoms with Crippen LogP contribution >= 0.6 is 0 Å². The van der Waals surface area contributed by atoms with E-state index in [2.05, 4.69) is 26.5 Å². The minimum Gasteiger partial charge on any atom is -0.346 e. The van der Waals surface area contributed by atoms with Gasteiger partial charge < -0.3 is 9.47 Å². The number of hydrogen-bond acceptors (Lipinski definition) is 4. The molecule has 3 heterocycles. The van der Waals surface area contributed by atoms with E-state index >= 15 is 0 Å². The lowest BCUT2D eigenvalue weighted by Crippen LogP contribution is -2.26. The number of hydrogen-bond donors (Lipinski definition) is 0. The van der Waals surface area contributed by atoms with E-state index < -0.39 is 11.6 Å². The molecule has 7 heteroatoms. The Labute approximate surface area is 156 Å². The molecule has 1 saturated heterocycles. The number of halogens is 2. The van der Waals surface area contributed by atoms with Crippen LogP contribution in [0.25, 0.3) is 10.9 Å². The molecule has 5 rings (SSSR count). The van der Waals surface area contributed by atoms with E-state index in [0.29, 0.717) is 16.7 Å².